The van der Waals surface area contributed by atoms with Crippen LogP contribution in [0.5, 0.6) is 0 Å². The van der Waals surface area contributed by atoms with Crippen molar-refractivity contribution < 1.29 is 0 Å². The van der Waals surface area contributed by atoms with E-state index in [4.69, 9.17) is 9.97 Å². The van der Waals surface area contributed by atoms with Crippen molar-refractivity contribution in [2.45, 2.75) is 40.0 Å². The van der Waals surface area contributed by atoms with Crippen molar-refractivity contribution in [1.29, 1.82) is 0 Å². The maximum Gasteiger partial charge on any atom is 0.160 e. The van der Waals surface area contributed by atoms with Crippen LogP contribution in [0, 0.1) is 6.92 Å². The Balaban J connectivity index is 0.000000706. The molecule has 0 bridgehead atoms. The molecule has 0 aliphatic heterocycles. The molecule has 142 valence electrons. The molecular formula is C26H28N2. The quantitative estimate of drug-likeness (QED) is 0.486. The van der Waals surface area contributed by atoms with E-state index < -0.39 is 0 Å². The van der Waals surface area contributed by atoms with Gasteiger partial charge in [-0.05, 0) is 31.4 Å². The molecule has 0 spiro atoms. The molecule has 1 aliphatic carbocycles. The molecule has 28 heavy (non-hydrogen) atoms. The summed E-state index contributed by atoms with van der Waals surface area (Å²) in [6.07, 6.45) is 10.1. The Labute approximate surface area is 168 Å². The lowest BCUT2D eigenvalue weighted by Gasteiger charge is -2.11. The van der Waals surface area contributed by atoms with Gasteiger partial charge in [-0.2, -0.15) is 0 Å². The van der Waals surface area contributed by atoms with E-state index in [1.807, 2.05) is 18.2 Å². The number of aryl methyl sites for hydroxylation is 1. The molecule has 2 nitrogen and oxygen atoms in total. The molecular weight excluding hydrogens is 340 g/mol. The molecule has 1 heterocycles. The zero-order valence-corrected chi connectivity index (χ0v) is 17.0. The summed E-state index contributed by atoms with van der Waals surface area (Å²) in [7, 11) is 0. The van der Waals surface area contributed by atoms with Gasteiger partial charge in [0, 0.05) is 11.1 Å². The molecule has 0 atom stereocenters. The van der Waals surface area contributed by atoms with Gasteiger partial charge in [0.1, 0.15) is 0 Å². The number of allylic oxidation sites excluding steroid dienone is 4. The first kappa shape index (κ1) is 19.8. The monoisotopic (exact) mass is 368 g/mol. The van der Waals surface area contributed by atoms with Crippen molar-refractivity contribution in [2.24, 2.45) is 0 Å². The first-order valence-electron chi connectivity index (χ1n) is 10.1. The Morgan fingerprint density at radius 3 is 2.11 bits per heavy atom. The van der Waals surface area contributed by atoms with Gasteiger partial charge in [0.25, 0.3) is 0 Å². The van der Waals surface area contributed by atoms with E-state index in [2.05, 4.69) is 81.5 Å². The van der Waals surface area contributed by atoms with Crippen LogP contribution in [0.3, 0.4) is 0 Å². The fourth-order valence-corrected chi connectivity index (χ4v) is 2.99. The van der Waals surface area contributed by atoms with Gasteiger partial charge >= 0.3 is 0 Å². The maximum atomic E-state index is 4.85. The molecule has 1 aromatic heterocycles. The number of hydrogen-bond donors (Lipinski definition) is 0. The zero-order valence-electron chi connectivity index (χ0n) is 17.0. The highest BCUT2D eigenvalue weighted by atomic mass is 14.9. The average Bonchev–Trinajstić information content (AvgIpc) is 2.76. The molecule has 2 aromatic carbocycles. The molecule has 0 saturated heterocycles. The smallest absolute Gasteiger partial charge is 0.160 e. The predicted molar refractivity (Wildman–Crippen MR) is 120 cm³/mol. The van der Waals surface area contributed by atoms with E-state index in [0.717, 1.165) is 41.2 Å². The molecule has 0 fully saturated rings. The van der Waals surface area contributed by atoms with Crippen LogP contribution in [0.1, 0.15) is 44.4 Å². The summed E-state index contributed by atoms with van der Waals surface area (Å²) in [5.74, 6) is 0.774. The van der Waals surface area contributed by atoms with Gasteiger partial charge in [0.2, 0.25) is 0 Å². The lowest BCUT2D eigenvalue weighted by Crippen LogP contribution is -1.98. The van der Waals surface area contributed by atoms with Crippen LogP contribution in [0.2, 0.25) is 0 Å². The second kappa shape index (κ2) is 9.80. The van der Waals surface area contributed by atoms with Crippen LogP contribution in [0.15, 0.2) is 78.9 Å². The summed E-state index contributed by atoms with van der Waals surface area (Å²) in [4.78, 5) is 9.69. The number of rotatable bonds is 3. The number of nitrogens with zero attached hydrogens (tertiary/aromatic N) is 2. The molecule has 0 unspecified atom stereocenters. The van der Waals surface area contributed by atoms with Crippen LogP contribution in [-0.4, -0.2) is 9.97 Å². The van der Waals surface area contributed by atoms with Crippen molar-refractivity contribution in [3.63, 3.8) is 0 Å². The molecule has 2 heteroatoms. The van der Waals surface area contributed by atoms with Crippen molar-refractivity contribution >= 4 is 5.57 Å². The molecule has 0 radical (unpaired) electrons. The van der Waals surface area contributed by atoms with Gasteiger partial charge in [-0.1, -0.05) is 98.7 Å². The highest BCUT2D eigenvalue weighted by Gasteiger charge is 2.11. The number of aromatic nitrogens is 2. The minimum Gasteiger partial charge on any atom is -0.228 e. The Morgan fingerprint density at radius 2 is 1.46 bits per heavy atom. The average molecular weight is 369 g/mol. The number of benzene rings is 2. The fraction of sp³-hybridized carbons (Fsp3) is 0.231. The van der Waals surface area contributed by atoms with Crippen molar-refractivity contribution in [3.8, 4) is 22.6 Å². The van der Waals surface area contributed by atoms with Crippen molar-refractivity contribution in [2.75, 3.05) is 0 Å². The summed E-state index contributed by atoms with van der Waals surface area (Å²) in [5.41, 5.74) is 6.52. The summed E-state index contributed by atoms with van der Waals surface area (Å²) in [6.45, 7) is 6.34. The summed E-state index contributed by atoms with van der Waals surface area (Å²) < 4.78 is 0. The minimum atomic E-state index is 0.774. The topological polar surface area (TPSA) is 25.8 Å². The zero-order chi connectivity index (χ0) is 19.8. The van der Waals surface area contributed by atoms with Gasteiger partial charge in [0.15, 0.2) is 5.82 Å². The molecule has 3 aromatic rings. The third-order valence-electron chi connectivity index (χ3n) is 4.40. The molecule has 0 N–H and O–H groups in total. The van der Waals surface area contributed by atoms with Crippen LogP contribution in [0.25, 0.3) is 28.2 Å². The first-order valence-corrected chi connectivity index (χ1v) is 10.1. The van der Waals surface area contributed by atoms with Gasteiger partial charge < -0.3 is 0 Å². The Kier molecular flexibility index (Phi) is 6.91. The molecule has 1 aliphatic rings. The van der Waals surface area contributed by atoms with Crippen molar-refractivity contribution in [3.05, 3.63) is 90.1 Å². The van der Waals surface area contributed by atoms with Gasteiger partial charge in [0.05, 0.1) is 11.4 Å². The summed E-state index contributed by atoms with van der Waals surface area (Å²) >= 11 is 0. The normalized spacial score (nSPS) is 12.8. The van der Waals surface area contributed by atoms with E-state index in [-0.39, 0.29) is 0 Å². The Morgan fingerprint density at radius 1 is 0.786 bits per heavy atom. The lowest BCUT2D eigenvalue weighted by atomic mass is 10.0. The highest BCUT2D eigenvalue weighted by molar-refractivity contribution is 5.77. The van der Waals surface area contributed by atoms with E-state index in [1.54, 1.807) is 0 Å². The Hall–Kier alpha value is -3.00. The van der Waals surface area contributed by atoms with Crippen LogP contribution in [0.4, 0.5) is 0 Å². The number of hydrogen-bond acceptors (Lipinski definition) is 2. The van der Waals surface area contributed by atoms with Gasteiger partial charge in [-0.15, -0.1) is 0 Å². The predicted octanol–water partition coefficient (Wildman–Crippen LogP) is 7.27. The third kappa shape index (κ3) is 5.04. The van der Waals surface area contributed by atoms with Crippen LogP contribution >= 0.6 is 0 Å². The second-order valence-electron chi connectivity index (χ2n) is 7.04. The second-order valence-corrected chi connectivity index (χ2v) is 7.04. The van der Waals surface area contributed by atoms with Gasteiger partial charge in [-0.25, -0.2) is 9.97 Å². The molecule has 4 rings (SSSR count). The third-order valence-corrected chi connectivity index (χ3v) is 4.40. The highest BCUT2D eigenvalue weighted by Crippen LogP contribution is 2.27. The largest absolute Gasteiger partial charge is 0.228 e. The minimum absolute atomic E-state index is 0.774. The fourth-order valence-electron chi connectivity index (χ4n) is 2.99. The molecule has 0 amide bonds. The van der Waals surface area contributed by atoms with E-state index >= 15 is 0 Å². The summed E-state index contributed by atoms with van der Waals surface area (Å²) in [6, 6.07) is 20.8. The SMILES string of the molecule is CCC.Cc1ccc(-c2nc(C3=CCCC=C3)cc(-c3ccccc3)n2)cc1. The van der Waals surface area contributed by atoms with Gasteiger partial charge in [-0.3, -0.25) is 0 Å². The maximum absolute atomic E-state index is 4.85. The van der Waals surface area contributed by atoms with Crippen molar-refractivity contribution in [1.82, 2.24) is 9.97 Å². The first-order chi connectivity index (χ1) is 13.7. The van der Waals surface area contributed by atoms with E-state index in [1.165, 1.54) is 17.6 Å². The van der Waals surface area contributed by atoms with Crippen LogP contribution in [-0.2, 0) is 0 Å². The van der Waals surface area contributed by atoms with E-state index in [0.29, 0.717) is 0 Å². The lowest BCUT2D eigenvalue weighted by molar-refractivity contribution is 1.03. The molecule has 0 saturated carbocycles. The van der Waals surface area contributed by atoms with Crippen LogP contribution < -0.4 is 0 Å². The standard InChI is InChI=1S/C23H20N2.C3H8/c1-17-12-14-20(15-13-17)23-24-21(18-8-4-2-5-9-18)16-22(25-23)19-10-6-3-7-11-19;1-3-2/h2,4-6,8-16H,3,7H2,1H3;3H2,1-2H3. The summed E-state index contributed by atoms with van der Waals surface area (Å²) in [5, 5.41) is 0. The Bertz CT molecular complexity index is 951. The van der Waals surface area contributed by atoms with E-state index in [9.17, 15) is 0 Å².